The van der Waals surface area contributed by atoms with Crippen molar-refractivity contribution in [2.24, 2.45) is 0 Å². The van der Waals surface area contributed by atoms with Gasteiger partial charge in [-0.1, -0.05) is 71.9 Å². The number of ether oxygens (including phenoxy) is 2. The third-order valence-corrected chi connectivity index (χ3v) is 6.88. The molecule has 0 radical (unpaired) electrons. The molecule has 0 bridgehead atoms. The maximum atomic E-state index is 12.4. The number of carbonyl (C=O) groups excluding carboxylic acids is 2. The lowest BCUT2D eigenvalue weighted by molar-refractivity contribution is -0.143. The molecule has 1 unspecified atom stereocenters. The number of aromatic nitrogens is 3. The Morgan fingerprint density at radius 2 is 1.57 bits per heavy atom. The summed E-state index contributed by atoms with van der Waals surface area (Å²) < 4.78 is 12.1. The highest BCUT2D eigenvalue weighted by Crippen LogP contribution is 2.49. The van der Waals surface area contributed by atoms with E-state index in [0.717, 1.165) is 40.8 Å². The molecule has 8 heteroatoms. The molecule has 1 atom stereocenters. The molecule has 0 saturated heterocycles. The minimum Gasteiger partial charge on any atom is -0.468 e. The molecule has 37 heavy (non-hydrogen) atoms. The van der Waals surface area contributed by atoms with Gasteiger partial charge in [0.1, 0.15) is 6.10 Å². The number of amides is 1. The van der Waals surface area contributed by atoms with E-state index >= 15 is 0 Å². The van der Waals surface area contributed by atoms with Crippen molar-refractivity contribution in [1.29, 1.82) is 0 Å². The number of esters is 1. The van der Waals surface area contributed by atoms with Crippen molar-refractivity contribution in [3.05, 3.63) is 95.7 Å². The summed E-state index contributed by atoms with van der Waals surface area (Å²) in [5.41, 5.74) is 5.00. The summed E-state index contributed by atoms with van der Waals surface area (Å²) in [5, 5.41) is 11.0. The fraction of sp³-hybridized carbons (Fsp3) is 0.241. The zero-order valence-corrected chi connectivity index (χ0v) is 21.0. The van der Waals surface area contributed by atoms with Crippen LogP contribution in [0.3, 0.4) is 0 Å². The topological polar surface area (TPSA) is 95.3 Å². The zero-order valence-electron chi connectivity index (χ0n) is 21.0. The average Bonchev–Trinajstić information content (AvgIpc) is 3.67. The molecule has 1 heterocycles. The second-order valence-corrected chi connectivity index (χ2v) is 9.22. The highest BCUT2D eigenvalue weighted by molar-refractivity contribution is 5.87. The molecule has 188 valence electrons. The minimum atomic E-state index is -0.592. The van der Waals surface area contributed by atoms with Gasteiger partial charge in [-0.2, -0.15) is 0 Å². The molecule has 1 aromatic heterocycles. The van der Waals surface area contributed by atoms with E-state index in [1.54, 1.807) is 4.68 Å². The van der Waals surface area contributed by atoms with Gasteiger partial charge in [0.2, 0.25) is 0 Å². The van der Waals surface area contributed by atoms with Crippen molar-refractivity contribution in [1.82, 2.24) is 15.0 Å². The molecule has 1 fully saturated rings. The van der Waals surface area contributed by atoms with Crippen LogP contribution in [0.4, 0.5) is 10.6 Å². The SMILES string of the molecule is COC(=O)C1(c2ccc(-c3ccc(-n4nnc(NC(=O)OC(C)c5ccccc5)c4C)cc3)cc2)CC1. The number of carbonyl (C=O) groups is 2. The molecule has 5 rings (SSSR count). The first-order valence-corrected chi connectivity index (χ1v) is 12.2. The van der Waals surface area contributed by atoms with Crippen molar-refractivity contribution in [3.63, 3.8) is 0 Å². The molecule has 8 nitrogen and oxygen atoms in total. The molecule has 1 saturated carbocycles. The second kappa shape index (κ2) is 9.89. The lowest BCUT2D eigenvalue weighted by Crippen LogP contribution is -2.21. The van der Waals surface area contributed by atoms with Crippen LogP contribution in [0.1, 0.15) is 42.7 Å². The highest BCUT2D eigenvalue weighted by atomic mass is 16.6. The van der Waals surface area contributed by atoms with Crippen molar-refractivity contribution in [2.45, 2.75) is 38.2 Å². The van der Waals surface area contributed by atoms with Gasteiger partial charge in [-0.3, -0.25) is 10.1 Å². The Morgan fingerprint density at radius 3 is 2.16 bits per heavy atom. The second-order valence-electron chi connectivity index (χ2n) is 9.22. The van der Waals surface area contributed by atoms with Crippen LogP contribution in [0.25, 0.3) is 16.8 Å². The fourth-order valence-electron chi connectivity index (χ4n) is 4.48. The summed E-state index contributed by atoms with van der Waals surface area (Å²) in [5.74, 6) is 0.171. The molecule has 0 spiro atoms. The number of nitrogens with zero attached hydrogens (tertiary/aromatic N) is 3. The monoisotopic (exact) mass is 496 g/mol. The Hall–Kier alpha value is -4.46. The Kier molecular flexibility index (Phi) is 6.48. The van der Waals surface area contributed by atoms with E-state index in [1.807, 2.05) is 92.7 Å². The van der Waals surface area contributed by atoms with Gasteiger partial charge < -0.3 is 9.47 Å². The molecular weight excluding hydrogens is 468 g/mol. The van der Waals surface area contributed by atoms with Gasteiger partial charge in [-0.05, 0) is 61.1 Å². The molecule has 1 amide bonds. The van der Waals surface area contributed by atoms with E-state index in [1.165, 1.54) is 7.11 Å². The Labute approximate surface area is 215 Å². The maximum Gasteiger partial charge on any atom is 0.413 e. The fourth-order valence-corrected chi connectivity index (χ4v) is 4.48. The predicted octanol–water partition coefficient (Wildman–Crippen LogP) is 5.76. The molecule has 3 aromatic carbocycles. The molecule has 1 aliphatic rings. The largest absolute Gasteiger partial charge is 0.468 e. The van der Waals surface area contributed by atoms with E-state index in [2.05, 4.69) is 15.6 Å². The third kappa shape index (κ3) is 4.82. The standard InChI is InChI=1S/C29H28N4O4/c1-19-26(30-28(35)37-20(2)21-7-5-4-6-8-21)31-32-33(19)25-15-11-23(12-16-25)22-9-13-24(14-10-22)29(17-18-29)27(34)36-3/h4-16,20H,17-18H2,1-3H3,(H,30,35). The Bertz CT molecular complexity index is 1410. The minimum absolute atomic E-state index is 0.166. The predicted molar refractivity (Wildman–Crippen MR) is 139 cm³/mol. The molecule has 1 N–H and O–H groups in total. The lowest BCUT2D eigenvalue weighted by atomic mass is 9.94. The van der Waals surface area contributed by atoms with Gasteiger partial charge in [0.25, 0.3) is 0 Å². The van der Waals surface area contributed by atoms with E-state index in [-0.39, 0.29) is 5.97 Å². The highest BCUT2D eigenvalue weighted by Gasteiger charge is 2.52. The quantitative estimate of drug-likeness (QED) is 0.327. The van der Waals surface area contributed by atoms with Crippen molar-refractivity contribution >= 4 is 17.9 Å². The normalized spacial score (nSPS) is 14.5. The summed E-state index contributed by atoms with van der Waals surface area (Å²) in [6.07, 6.45) is 0.663. The van der Waals surface area contributed by atoms with Gasteiger partial charge in [0, 0.05) is 0 Å². The van der Waals surface area contributed by atoms with Crippen LogP contribution in [-0.4, -0.2) is 34.2 Å². The van der Waals surface area contributed by atoms with Crippen molar-refractivity contribution in [2.75, 3.05) is 12.4 Å². The van der Waals surface area contributed by atoms with E-state index in [0.29, 0.717) is 11.5 Å². The van der Waals surface area contributed by atoms with Crippen LogP contribution in [0.5, 0.6) is 0 Å². The van der Waals surface area contributed by atoms with Gasteiger partial charge in [0.15, 0.2) is 5.82 Å². The number of benzene rings is 3. The molecular formula is C29H28N4O4. The number of rotatable bonds is 7. The van der Waals surface area contributed by atoms with E-state index < -0.39 is 17.6 Å². The lowest BCUT2D eigenvalue weighted by Gasteiger charge is -2.14. The maximum absolute atomic E-state index is 12.4. The van der Waals surface area contributed by atoms with Gasteiger partial charge in [-0.15, -0.1) is 5.10 Å². The van der Waals surface area contributed by atoms with Crippen LogP contribution in [0, 0.1) is 6.92 Å². The van der Waals surface area contributed by atoms with Crippen LogP contribution >= 0.6 is 0 Å². The first-order chi connectivity index (χ1) is 17.9. The molecule has 0 aliphatic heterocycles. The number of anilines is 1. The summed E-state index contributed by atoms with van der Waals surface area (Å²) in [4.78, 5) is 24.6. The number of nitrogens with one attached hydrogen (secondary N) is 1. The number of methoxy groups -OCH3 is 1. The van der Waals surface area contributed by atoms with Crippen molar-refractivity contribution in [3.8, 4) is 16.8 Å². The van der Waals surface area contributed by atoms with Crippen LogP contribution in [0.2, 0.25) is 0 Å². The van der Waals surface area contributed by atoms with E-state index in [4.69, 9.17) is 9.47 Å². The number of hydrogen-bond acceptors (Lipinski definition) is 6. The summed E-state index contributed by atoms with van der Waals surface area (Å²) >= 11 is 0. The molecule has 4 aromatic rings. The zero-order chi connectivity index (χ0) is 26.0. The summed E-state index contributed by atoms with van der Waals surface area (Å²) in [7, 11) is 1.44. The summed E-state index contributed by atoms with van der Waals surface area (Å²) in [6.45, 7) is 3.65. The van der Waals surface area contributed by atoms with Gasteiger partial charge in [0.05, 0.1) is 23.9 Å². The smallest absolute Gasteiger partial charge is 0.413 e. The first-order valence-electron chi connectivity index (χ1n) is 12.2. The van der Waals surface area contributed by atoms with E-state index in [9.17, 15) is 9.59 Å². The van der Waals surface area contributed by atoms with Gasteiger partial charge in [-0.25, -0.2) is 9.48 Å². The summed E-state index contributed by atoms with van der Waals surface area (Å²) in [6, 6.07) is 25.5. The van der Waals surface area contributed by atoms with Gasteiger partial charge >= 0.3 is 12.1 Å². The molecule has 1 aliphatic carbocycles. The Morgan fingerprint density at radius 1 is 0.946 bits per heavy atom. The number of hydrogen-bond donors (Lipinski definition) is 1. The van der Waals surface area contributed by atoms with Crippen LogP contribution < -0.4 is 5.32 Å². The first kappa shape index (κ1) is 24.2. The van der Waals surface area contributed by atoms with Crippen LogP contribution in [0.15, 0.2) is 78.9 Å². The van der Waals surface area contributed by atoms with Crippen molar-refractivity contribution < 1.29 is 19.1 Å². The Balaban J connectivity index is 1.26. The van der Waals surface area contributed by atoms with Crippen LogP contribution in [-0.2, 0) is 19.7 Å². The average molecular weight is 497 g/mol. The third-order valence-electron chi connectivity index (χ3n) is 6.88.